The van der Waals surface area contributed by atoms with Crippen LogP contribution >= 0.6 is 15.9 Å². The summed E-state index contributed by atoms with van der Waals surface area (Å²) in [6.07, 6.45) is 0.450. The predicted octanol–water partition coefficient (Wildman–Crippen LogP) is 2.50. The minimum atomic E-state index is -0.893. The zero-order chi connectivity index (χ0) is 14.4. The predicted molar refractivity (Wildman–Crippen MR) is 72.3 cm³/mol. The third-order valence-electron chi connectivity index (χ3n) is 2.55. The van der Waals surface area contributed by atoms with Crippen LogP contribution < -0.4 is 5.32 Å². The number of carbonyl (C=O) groups excluding carboxylic acids is 1. The number of carboxylic acids is 1. The van der Waals surface area contributed by atoms with Crippen LogP contribution in [0.15, 0.2) is 22.7 Å². The van der Waals surface area contributed by atoms with Gasteiger partial charge in [-0.15, -0.1) is 0 Å². The standard InChI is InChI=1S/C13H15BrFNO3/c1-8(2-5-13(18)19)16-12(17)7-9-3-4-10(14)11(15)6-9/h3-4,6,8H,2,5,7H2,1H3,(H,16,17)(H,18,19). The number of carboxylic acid groups (broad SMARTS) is 1. The second kappa shape index (κ2) is 7.23. The second-order valence-electron chi connectivity index (χ2n) is 4.33. The molecule has 0 fully saturated rings. The molecular weight excluding hydrogens is 317 g/mol. The maximum atomic E-state index is 13.3. The number of benzene rings is 1. The van der Waals surface area contributed by atoms with E-state index in [0.717, 1.165) is 0 Å². The molecule has 1 amide bonds. The van der Waals surface area contributed by atoms with Gasteiger partial charge in [-0.05, 0) is 47.0 Å². The summed E-state index contributed by atoms with van der Waals surface area (Å²) in [5.41, 5.74) is 0.573. The van der Waals surface area contributed by atoms with Crippen LogP contribution in [-0.4, -0.2) is 23.0 Å². The van der Waals surface area contributed by atoms with Gasteiger partial charge in [0.15, 0.2) is 0 Å². The Bertz CT molecular complexity index is 479. The van der Waals surface area contributed by atoms with Crippen LogP contribution in [0.5, 0.6) is 0 Å². The first-order valence-electron chi connectivity index (χ1n) is 5.83. The molecule has 0 spiro atoms. The first kappa shape index (κ1) is 15.6. The van der Waals surface area contributed by atoms with Crippen LogP contribution in [0.2, 0.25) is 0 Å². The molecule has 0 bridgehead atoms. The number of rotatable bonds is 6. The number of nitrogens with one attached hydrogen (secondary N) is 1. The van der Waals surface area contributed by atoms with E-state index in [9.17, 15) is 14.0 Å². The van der Waals surface area contributed by atoms with Crippen LogP contribution in [0.3, 0.4) is 0 Å². The van der Waals surface area contributed by atoms with E-state index in [0.29, 0.717) is 16.5 Å². The SMILES string of the molecule is CC(CCC(=O)O)NC(=O)Cc1ccc(Br)c(F)c1. The Morgan fingerprint density at radius 3 is 2.74 bits per heavy atom. The van der Waals surface area contributed by atoms with Crippen molar-refractivity contribution in [1.29, 1.82) is 0 Å². The van der Waals surface area contributed by atoms with E-state index in [1.165, 1.54) is 6.07 Å². The van der Waals surface area contributed by atoms with Gasteiger partial charge in [0.1, 0.15) is 5.82 Å². The molecule has 0 aliphatic carbocycles. The van der Waals surface area contributed by atoms with Gasteiger partial charge in [0.2, 0.25) is 5.91 Å². The number of aliphatic carboxylic acids is 1. The van der Waals surface area contributed by atoms with Crippen molar-refractivity contribution in [3.8, 4) is 0 Å². The van der Waals surface area contributed by atoms with Crippen LogP contribution in [0.4, 0.5) is 4.39 Å². The van der Waals surface area contributed by atoms with Gasteiger partial charge in [-0.25, -0.2) is 4.39 Å². The van der Waals surface area contributed by atoms with Crippen molar-refractivity contribution in [2.75, 3.05) is 0 Å². The highest BCUT2D eigenvalue weighted by Gasteiger charge is 2.10. The van der Waals surface area contributed by atoms with Crippen LogP contribution in [0.25, 0.3) is 0 Å². The van der Waals surface area contributed by atoms with E-state index in [-0.39, 0.29) is 24.8 Å². The maximum absolute atomic E-state index is 13.3. The second-order valence-corrected chi connectivity index (χ2v) is 5.18. The van der Waals surface area contributed by atoms with Crippen LogP contribution in [0.1, 0.15) is 25.3 Å². The molecular formula is C13H15BrFNO3. The van der Waals surface area contributed by atoms with Crippen molar-refractivity contribution < 1.29 is 19.1 Å². The molecule has 0 saturated heterocycles. The molecule has 2 N–H and O–H groups in total. The highest BCUT2D eigenvalue weighted by atomic mass is 79.9. The Hall–Kier alpha value is -1.43. The summed E-state index contributed by atoms with van der Waals surface area (Å²) in [4.78, 5) is 22.1. The van der Waals surface area contributed by atoms with Gasteiger partial charge < -0.3 is 10.4 Å². The molecule has 0 aliphatic heterocycles. The summed E-state index contributed by atoms with van der Waals surface area (Å²) in [6, 6.07) is 4.29. The lowest BCUT2D eigenvalue weighted by Crippen LogP contribution is -2.34. The highest BCUT2D eigenvalue weighted by molar-refractivity contribution is 9.10. The zero-order valence-electron chi connectivity index (χ0n) is 10.5. The first-order chi connectivity index (χ1) is 8.88. The van der Waals surface area contributed by atoms with Gasteiger partial charge in [0, 0.05) is 12.5 Å². The van der Waals surface area contributed by atoms with Crippen molar-refractivity contribution in [3.63, 3.8) is 0 Å². The molecule has 1 unspecified atom stereocenters. The summed E-state index contributed by atoms with van der Waals surface area (Å²) in [5, 5.41) is 11.2. The molecule has 1 atom stereocenters. The molecule has 1 rings (SSSR count). The Balaban J connectivity index is 2.46. The van der Waals surface area contributed by atoms with Crippen molar-refractivity contribution in [3.05, 3.63) is 34.1 Å². The lowest BCUT2D eigenvalue weighted by Gasteiger charge is -2.12. The highest BCUT2D eigenvalue weighted by Crippen LogP contribution is 2.16. The van der Waals surface area contributed by atoms with Gasteiger partial charge in [0.05, 0.1) is 10.9 Å². The average molecular weight is 332 g/mol. The van der Waals surface area contributed by atoms with E-state index in [1.807, 2.05) is 0 Å². The van der Waals surface area contributed by atoms with Crippen molar-refractivity contribution >= 4 is 27.8 Å². The van der Waals surface area contributed by atoms with E-state index < -0.39 is 11.8 Å². The summed E-state index contributed by atoms with van der Waals surface area (Å²) in [7, 11) is 0. The molecule has 0 aliphatic rings. The fourth-order valence-electron chi connectivity index (χ4n) is 1.57. The third kappa shape index (κ3) is 5.83. The molecule has 0 aromatic heterocycles. The first-order valence-corrected chi connectivity index (χ1v) is 6.63. The molecule has 1 aromatic rings. The van der Waals surface area contributed by atoms with Gasteiger partial charge in [0.25, 0.3) is 0 Å². The average Bonchev–Trinajstić information content (AvgIpc) is 2.31. The number of carbonyl (C=O) groups is 2. The normalized spacial score (nSPS) is 11.9. The molecule has 19 heavy (non-hydrogen) atoms. The van der Waals surface area contributed by atoms with Gasteiger partial charge in [-0.3, -0.25) is 9.59 Å². The molecule has 6 heteroatoms. The Morgan fingerprint density at radius 1 is 1.47 bits per heavy atom. The number of hydrogen-bond acceptors (Lipinski definition) is 2. The molecule has 1 aromatic carbocycles. The quantitative estimate of drug-likeness (QED) is 0.841. The summed E-state index contributed by atoms with van der Waals surface area (Å²) < 4.78 is 13.6. The minimum absolute atomic E-state index is 0.00829. The third-order valence-corrected chi connectivity index (χ3v) is 3.19. The van der Waals surface area contributed by atoms with Crippen molar-refractivity contribution in [2.24, 2.45) is 0 Å². The number of halogens is 2. The van der Waals surface area contributed by atoms with E-state index in [4.69, 9.17) is 5.11 Å². The zero-order valence-corrected chi connectivity index (χ0v) is 12.0. The monoisotopic (exact) mass is 331 g/mol. The maximum Gasteiger partial charge on any atom is 0.303 e. The Morgan fingerprint density at radius 2 is 2.16 bits per heavy atom. The molecule has 4 nitrogen and oxygen atoms in total. The van der Waals surface area contributed by atoms with Crippen molar-refractivity contribution in [1.82, 2.24) is 5.32 Å². The molecule has 0 heterocycles. The lowest BCUT2D eigenvalue weighted by atomic mass is 10.1. The smallest absolute Gasteiger partial charge is 0.303 e. The van der Waals surface area contributed by atoms with E-state index >= 15 is 0 Å². The number of amides is 1. The Kier molecular flexibility index (Phi) is 5.95. The van der Waals surface area contributed by atoms with Crippen LogP contribution in [0, 0.1) is 5.82 Å². The fraction of sp³-hybridized carbons (Fsp3) is 0.385. The van der Waals surface area contributed by atoms with Gasteiger partial charge in [-0.2, -0.15) is 0 Å². The molecule has 0 saturated carbocycles. The number of hydrogen-bond donors (Lipinski definition) is 2. The minimum Gasteiger partial charge on any atom is -0.481 e. The van der Waals surface area contributed by atoms with E-state index in [2.05, 4.69) is 21.2 Å². The van der Waals surface area contributed by atoms with Gasteiger partial charge in [-0.1, -0.05) is 6.07 Å². The van der Waals surface area contributed by atoms with Gasteiger partial charge >= 0.3 is 5.97 Å². The molecule has 0 radical (unpaired) electrons. The summed E-state index contributed by atoms with van der Waals surface area (Å²) >= 11 is 3.04. The fourth-order valence-corrected chi connectivity index (χ4v) is 1.82. The Labute approximate surface area is 119 Å². The summed E-state index contributed by atoms with van der Waals surface area (Å²) in [5.74, 6) is -1.56. The largest absolute Gasteiger partial charge is 0.481 e. The van der Waals surface area contributed by atoms with Crippen molar-refractivity contribution in [2.45, 2.75) is 32.2 Å². The van der Waals surface area contributed by atoms with E-state index in [1.54, 1.807) is 19.1 Å². The topological polar surface area (TPSA) is 66.4 Å². The lowest BCUT2D eigenvalue weighted by molar-refractivity contribution is -0.137. The summed E-state index contributed by atoms with van der Waals surface area (Å²) in [6.45, 7) is 1.74. The van der Waals surface area contributed by atoms with Crippen LogP contribution in [-0.2, 0) is 16.0 Å². The molecule has 104 valence electrons.